The van der Waals surface area contributed by atoms with Crippen molar-refractivity contribution in [1.82, 2.24) is 0 Å². The number of hydrogen-bond donors (Lipinski definition) is 1. The second-order valence-electron chi connectivity index (χ2n) is 2.20. The van der Waals surface area contributed by atoms with E-state index in [4.69, 9.17) is 28.9 Å². The molecule has 0 saturated carbocycles. The maximum atomic E-state index is 12.9. The summed E-state index contributed by atoms with van der Waals surface area (Å²) in [5, 5.41) is 0.379. The van der Waals surface area contributed by atoms with Gasteiger partial charge in [0.1, 0.15) is 0 Å². The van der Waals surface area contributed by atoms with Crippen molar-refractivity contribution in [1.29, 1.82) is 0 Å². The zero-order chi connectivity index (χ0) is 8.59. The summed E-state index contributed by atoms with van der Waals surface area (Å²) in [7, 11) is 0. The SMILES string of the molecule is Cc1c(Cl)cc(N)c(F)c1Cl. The van der Waals surface area contributed by atoms with E-state index in [-0.39, 0.29) is 10.7 Å². The van der Waals surface area contributed by atoms with Crippen molar-refractivity contribution < 1.29 is 4.39 Å². The van der Waals surface area contributed by atoms with Gasteiger partial charge in [-0.3, -0.25) is 0 Å². The van der Waals surface area contributed by atoms with Crippen molar-refractivity contribution in [2.75, 3.05) is 5.73 Å². The lowest BCUT2D eigenvalue weighted by Gasteiger charge is -2.04. The first-order valence-electron chi connectivity index (χ1n) is 2.93. The highest BCUT2D eigenvalue weighted by Gasteiger charge is 2.09. The van der Waals surface area contributed by atoms with E-state index in [1.165, 1.54) is 6.07 Å². The van der Waals surface area contributed by atoms with Crippen LogP contribution in [0.3, 0.4) is 0 Å². The maximum absolute atomic E-state index is 12.9. The number of hydrogen-bond acceptors (Lipinski definition) is 1. The van der Waals surface area contributed by atoms with Gasteiger partial charge in [0.05, 0.1) is 10.7 Å². The molecule has 0 fully saturated rings. The number of nitrogens with two attached hydrogens (primary N) is 1. The predicted octanol–water partition coefficient (Wildman–Crippen LogP) is 3.02. The van der Waals surface area contributed by atoms with Crippen molar-refractivity contribution in [3.05, 3.63) is 27.5 Å². The van der Waals surface area contributed by atoms with Gasteiger partial charge in [0.2, 0.25) is 0 Å². The van der Waals surface area contributed by atoms with E-state index in [1.807, 2.05) is 0 Å². The molecule has 1 aromatic carbocycles. The maximum Gasteiger partial charge on any atom is 0.165 e. The Bertz CT molecular complexity index is 273. The van der Waals surface area contributed by atoms with Crippen LogP contribution in [0, 0.1) is 12.7 Å². The van der Waals surface area contributed by atoms with Crippen LogP contribution in [0.15, 0.2) is 6.07 Å². The van der Waals surface area contributed by atoms with Gasteiger partial charge in [0, 0.05) is 5.02 Å². The number of nitrogen functional groups attached to an aromatic ring is 1. The predicted molar refractivity (Wildman–Crippen MR) is 45.6 cm³/mol. The lowest BCUT2D eigenvalue weighted by atomic mass is 10.2. The van der Waals surface area contributed by atoms with Crippen LogP contribution in [0.2, 0.25) is 10.0 Å². The second kappa shape index (κ2) is 2.88. The first-order valence-corrected chi connectivity index (χ1v) is 3.69. The Morgan fingerprint density at radius 3 is 2.55 bits per heavy atom. The molecule has 1 nitrogen and oxygen atoms in total. The Morgan fingerprint density at radius 1 is 1.45 bits per heavy atom. The van der Waals surface area contributed by atoms with Crippen LogP contribution in [0.25, 0.3) is 0 Å². The molecule has 0 saturated heterocycles. The van der Waals surface area contributed by atoms with Crippen LogP contribution in [0.5, 0.6) is 0 Å². The molecule has 0 aliphatic heterocycles. The van der Waals surface area contributed by atoms with E-state index in [0.29, 0.717) is 10.6 Å². The third-order valence-corrected chi connectivity index (χ3v) is 2.26. The minimum Gasteiger partial charge on any atom is -0.396 e. The highest BCUT2D eigenvalue weighted by atomic mass is 35.5. The van der Waals surface area contributed by atoms with Gasteiger partial charge in [-0.1, -0.05) is 23.2 Å². The summed E-state index contributed by atoms with van der Waals surface area (Å²) in [6.45, 7) is 1.63. The summed E-state index contributed by atoms with van der Waals surface area (Å²) in [6, 6.07) is 1.35. The highest BCUT2D eigenvalue weighted by Crippen LogP contribution is 2.30. The number of benzene rings is 1. The van der Waals surface area contributed by atoms with E-state index < -0.39 is 5.82 Å². The fourth-order valence-corrected chi connectivity index (χ4v) is 1.18. The Labute approximate surface area is 73.9 Å². The molecule has 1 rings (SSSR count). The van der Waals surface area contributed by atoms with E-state index in [9.17, 15) is 4.39 Å². The fraction of sp³-hybridized carbons (Fsp3) is 0.143. The van der Waals surface area contributed by atoms with E-state index >= 15 is 0 Å². The Kier molecular flexibility index (Phi) is 2.25. The molecule has 0 heterocycles. The van der Waals surface area contributed by atoms with Crippen molar-refractivity contribution in [2.24, 2.45) is 0 Å². The van der Waals surface area contributed by atoms with Crippen molar-refractivity contribution in [2.45, 2.75) is 6.92 Å². The average Bonchev–Trinajstić information content (AvgIpc) is 1.97. The molecule has 0 aliphatic carbocycles. The molecule has 0 aliphatic rings. The summed E-state index contributed by atoms with van der Waals surface area (Å²) in [6.07, 6.45) is 0. The van der Waals surface area contributed by atoms with Crippen molar-refractivity contribution >= 4 is 28.9 Å². The van der Waals surface area contributed by atoms with Gasteiger partial charge in [-0.2, -0.15) is 0 Å². The van der Waals surface area contributed by atoms with Gasteiger partial charge in [-0.25, -0.2) is 4.39 Å². The molecular formula is C7H6Cl2FN. The van der Waals surface area contributed by atoms with Gasteiger partial charge < -0.3 is 5.73 Å². The van der Waals surface area contributed by atoms with Gasteiger partial charge in [0.15, 0.2) is 5.82 Å². The zero-order valence-electron chi connectivity index (χ0n) is 5.79. The molecule has 60 valence electrons. The number of anilines is 1. The van der Waals surface area contributed by atoms with E-state index in [1.54, 1.807) is 6.92 Å². The molecule has 0 radical (unpaired) electrons. The quantitative estimate of drug-likeness (QED) is 0.498. The molecule has 2 N–H and O–H groups in total. The largest absolute Gasteiger partial charge is 0.396 e. The summed E-state index contributed by atoms with van der Waals surface area (Å²) < 4.78 is 12.9. The van der Waals surface area contributed by atoms with Crippen LogP contribution < -0.4 is 5.73 Å². The topological polar surface area (TPSA) is 26.0 Å². The Balaban J connectivity index is 3.46. The molecule has 0 unspecified atom stereocenters. The third kappa shape index (κ3) is 1.42. The molecule has 0 bridgehead atoms. The van der Waals surface area contributed by atoms with Crippen LogP contribution in [-0.2, 0) is 0 Å². The Morgan fingerprint density at radius 2 is 2.00 bits per heavy atom. The molecule has 11 heavy (non-hydrogen) atoms. The molecule has 1 aromatic rings. The third-order valence-electron chi connectivity index (χ3n) is 1.42. The van der Waals surface area contributed by atoms with Gasteiger partial charge in [-0.15, -0.1) is 0 Å². The molecule has 0 atom stereocenters. The van der Waals surface area contributed by atoms with E-state index in [2.05, 4.69) is 0 Å². The summed E-state index contributed by atoms with van der Waals surface area (Å²) >= 11 is 11.2. The highest BCUT2D eigenvalue weighted by molar-refractivity contribution is 6.36. The number of rotatable bonds is 0. The zero-order valence-corrected chi connectivity index (χ0v) is 7.30. The van der Waals surface area contributed by atoms with Crippen molar-refractivity contribution in [3.8, 4) is 0 Å². The summed E-state index contributed by atoms with van der Waals surface area (Å²) in [4.78, 5) is 0. The van der Waals surface area contributed by atoms with Gasteiger partial charge >= 0.3 is 0 Å². The van der Waals surface area contributed by atoms with E-state index in [0.717, 1.165) is 0 Å². The van der Waals surface area contributed by atoms with Crippen LogP contribution >= 0.6 is 23.2 Å². The summed E-state index contributed by atoms with van der Waals surface area (Å²) in [5.41, 5.74) is 5.74. The monoisotopic (exact) mass is 193 g/mol. The summed E-state index contributed by atoms with van der Waals surface area (Å²) in [5.74, 6) is -0.603. The van der Waals surface area contributed by atoms with Gasteiger partial charge in [-0.05, 0) is 18.6 Å². The molecule has 0 aromatic heterocycles. The standard InChI is InChI=1S/C7H6Cl2FN/c1-3-4(8)2-5(11)7(10)6(3)9/h2H,11H2,1H3. The fourth-order valence-electron chi connectivity index (χ4n) is 0.704. The molecular weight excluding hydrogens is 188 g/mol. The first-order chi connectivity index (χ1) is 5.04. The Hall–Kier alpha value is -0.470. The minimum atomic E-state index is -0.603. The molecule has 0 spiro atoms. The van der Waals surface area contributed by atoms with Crippen LogP contribution in [0.4, 0.5) is 10.1 Å². The lowest BCUT2D eigenvalue weighted by Crippen LogP contribution is -1.93. The number of halogens is 3. The first kappa shape index (κ1) is 8.62. The lowest BCUT2D eigenvalue weighted by molar-refractivity contribution is 0.632. The average molecular weight is 194 g/mol. The van der Waals surface area contributed by atoms with Crippen LogP contribution in [-0.4, -0.2) is 0 Å². The smallest absolute Gasteiger partial charge is 0.165 e. The minimum absolute atomic E-state index is 0.00463. The van der Waals surface area contributed by atoms with Crippen LogP contribution in [0.1, 0.15) is 5.56 Å². The van der Waals surface area contributed by atoms with Gasteiger partial charge in [0.25, 0.3) is 0 Å². The molecule has 0 amide bonds. The second-order valence-corrected chi connectivity index (χ2v) is 2.99. The normalized spacial score (nSPS) is 10.2. The van der Waals surface area contributed by atoms with Crippen molar-refractivity contribution in [3.63, 3.8) is 0 Å². The molecule has 4 heteroatoms.